The van der Waals surface area contributed by atoms with Crippen LogP contribution in [0, 0.1) is 19.8 Å². The van der Waals surface area contributed by atoms with E-state index in [4.69, 9.17) is 5.11 Å². The van der Waals surface area contributed by atoms with Crippen LogP contribution in [0.4, 0.5) is 0 Å². The summed E-state index contributed by atoms with van der Waals surface area (Å²) in [5.41, 5.74) is 1.81. The Morgan fingerprint density at radius 2 is 1.76 bits per heavy atom. The Morgan fingerprint density at radius 3 is 2.12 bits per heavy atom. The van der Waals surface area contributed by atoms with Crippen molar-refractivity contribution in [1.82, 2.24) is 0 Å². The minimum absolute atomic E-state index is 0.185. The molecule has 0 fully saturated rings. The van der Waals surface area contributed by atoms with E-state index in [1.165, 1.54) is 0 Å². The highest BCUT2D eigenvalue weighted by atomic mass is 16.4. The van der Waals surface area contributed by atoms with E-state index in [2.05, 4.69) is 0 Å². The summed E-state index contributed by atoms with van der Waals surface area (Å²) in [7, 11) is 0. The Balaban J connectivity index is 3.12. The number of carbonyl (C=O) groups is 1. The second-order valence-corrected chi connectivity index (χ2v) is 4.30. The number of hydrogen-bond acceptors (Lipinski definition) is 3. The molecule has 94 valence electrons. The molecule has 0 radical (unpaired) electrons. The number of carboxylic acids is 1. The molecule has 0 aliphatic rings. The first-order valence-corrected chi connectivity index (χ1v) is 5.59. The van der Waals surface area contributed by atoms with E-state index >= 15 is 0 Å². The maximum atomic E-state index is 11.0. The van der Waals surface area contributed by atoms with Crippen LogP contribution < -0.4 is 0 Å². The summed E-state index contributed by atoms with van der Waals surface area (Å²) in [6.45, 7) is 5.17. The minimum atomic E-state index is -1.05. The zero-order valence-electron chi connectivity index (χ0n) is 10.3. The van der Waals surface area contributed by atoms with Gasteiger partial charge in [-0.2, -0.15) is 0 Å². The number of aromatic hydroxyl groups is 1. The zero-order chi connectivity index (χ0) is 13.2. The highest BCUT2D eigenvalue weighted by Crippen LogP contribution is 2.30. The third-order valence-corrected chi connectivity index (χ3v) is 2.99. The van der Waals surface area contributed by atoms with E-state index in [1.807, 2.05) is 0 Å². The number of carboxylic acid groups (broad SMARTS) is 1. The summed E-state index contributed by atoms with van der Waals surface area (Å²) in [6, 6.07) is 3.25. The summed E-state index contributed by atoms with van der Waals surface area (Å²) >= 11 is 0. The fraction of sp³-hybridized carbons (Fsp3) is 0.462. The molecule has 0 spiro atoms. The lowest BCUT2D eigenvalue weighted by atomic mass is 9.91. The zero-order valence-corrected chi connectivity index (χ0v) is 10.3. The molecule has 0 bridgehead atoms. The van der Waals surface area contributed by atoms with Gasteiger partial charge < -0.3 is 15.3 Å². The molecule has 0 aliphatic heterocycles. The van der Waals surface area contributed by atoms with Gasteiger partial charge in [-0.15, -0.1) is 0 Å². The van der Waals surface area contributed by atoms with E-state index in [9.17, 15) is 15.0 Å². The topological polar surface area (TPSA) is 77.8 Å². The molecule has 0 saturated carbocycles. The van der Waals surface area contributed by atoms with Gasteiger partial charge in [0, 0.05) is 0 Å². The lowest BCUT2D eigenvalue weighted by molar-refractivity contribution is -0.146. The van der Waals surface area contributed by atoms with Crippen molar-refractivity contribution in [3.8, 4) is 5.75 Å². The van der Waals surface area contributed by atoms with E-state index < -0.39 is 18.0 Å². The molecule has 3 N–H and O–H groups in total. The van der Waals surface area contributed by atoms with Crippen molar-refractivity contribution in [2.75, 3.05) is 0 Å². The highest BCUT2D eigenvalue weighted by Gasteiger charge is 2.26. The van der Waals surface area contributed by atoms with Gasteiger partial charge in [0.05, 0.1) is 12.0 Å². The van der Waals surface area contributed by atoms with Crippen LogP contribution >= 0.6 is 0 Å². The summed E-state index contributed by atoms with van der Waals surface area (Å²) < 4.78 is 0. The Hall–Kier alpha value is -1.55. The van der Waals surface area contributed by atoms with Gasteiger partial charge in [-0.3, -0.25) is 4.79 Å². The van der Waals surface area contributed by atoms with Gasteiger partial charge in [-0.05, 0) is 49.1 Å². The molecule has 1 aromatic rings. The maximum absolute atomic E-state index is 11.0. The summed E-state index contributed by atoms with van der Waals surface area (Å²) in [5, 5.41) is 28.6. The summed E-state index contributed by atoms with van der Waals surface area (Å²) in [4.78, 5) is 11.0. The van der Waals surface area contributed by atoms with Gasteiger partial charge in [0.2, 0.25) is 0 Å². The first-order chi connectivity index (χ1) is 7.88. The number of phenols is 1. The summed E-state index contributed by atoms with van der Waals surface area (Å²) in [5.74, 6) is -1.65. The van der Waals surface area contributed by atoms with Crippen LogP contribution in [-0.2, 0) is 4.79 Å². The van der Waals surface area contributed by atoms with E-state index in [0.29, 0.717) is 23.1 Å². The molecule has 0 heterocycles. The lowest BCUT2D eigenvalue weighted by Gasteiger charge is -2.19. The Labute approximate surface area is 101 Å². The Morgan fingerprint density at radius 1 is 1.29 bits per heavy atom. The number of aliphatic hydroxyl groups excluding tert-OH is 1. The van der Waals surface area contributed by atoms with Crippen molar-refractivity contribution in [3.63, 3.8) is 0 Å². The third-order valence-electron chi connectivity index (χ3n) is 2.99. The smallest absolute Gasteiger partial charge is 0.309 e. The van der Waals surface area contributed by atoms with Crippen molar-refractivity contribution in [3.05, 3.63) is 28.8 Å². The molecule has 0 amide bonds. The second-order valence-electron chi connectivity index (χ2n) is 4.30. The molecule has 4 nitrogen and oxygen atoms in total. The number of rotatable bonds is 4. The van der Waals surface area contributed by atoms with Crippen LogP contribution in [0.5, 0.6) is 5.75 Å². The number of aryl methyl sites for hydroxylation is 2. The Bertz CT molecular complexity index is 402. The van der Waals surface area contributed by atoms with E-state index in [-0.39, 0.29) is 5.75 Å². The molecule has 2 unspecified atom stereocenters. The molecular weight excluding hydrogens is 220 g/mol. The minimum Gasteiger partial charge on any atom is -0.507 e. The molecule has 4 heteroatoms. The van der Waals surface area contributed by atoms with Crippen molar-refractivity contribution >= 4 is 5.97 Å². The quantitative estimate of drug-likeness (QED) is 0.751. The van der Waals surface area contributed by atoms with Crippen molar-refractivity contribution in [1.29, 1.82) is 0 Å². The van der Waals surface area contributed by atoms with Gasteiger partial charge >= 0.3 is 5.97 Å². The fourth-order valence-electron chi connectivity index (χ4n) is 1.93. The van der Waals surface area contributed by atoms with Crippen LogP contribution in [0.15, 0.2) is 12.1 Å². The van der Waals surface area contributed by atoms with Crippen molar-refractivity contribution < 1.29 is 20.1 Å². The van der Waals surface area contributed by atoms with Gasteiger partial charge in [0.25, 0.3) is 0 Å². The average molecular weight is 238 g/mol. The molecule has 1 aromatic carbocycles. The molecule has 0 aliphatic carbocycles. The van der Waals surface area contributed by atoms with E-state index in [0.717, 1.165) is 0 Å². The number of phenolic OH excluding ortho intramolecular Hbond substituents is 1. The summed E-state index contributed by atoms with van der Waals surface area (Å²) in [6.07, 6.45) is -0.689. The predicted molar refractivity (Wildman–Crippen MR) is 64.0 cm³/mol. The predicted octanol–water partition coefficient (Wildman–Crippen LogP) is 2.15. The van der Waals surface area contributed by atoms with Gasteiger partial charge in [0.15, 0.2) is 0 Å². The highest BCUT2D eigenvalue weighted by molar-refractivity contribution is 5.71. The number of benzene rings is 1. The maximum Gasteiger partial charge on any atom is 0.309 e. The normalized spacial score (nSPS) is 14.4. The van der Waals surface area contributed by atoms with Gasteiger partial charge in [-0.1, -0.05) is 6.92 Å². The molecule has 0 aromatic heterocycles. The first kappa shape index (κ1) is 13.5. The average Bonchev–Trinajstić information content (AvgIpc) is 2.25. The van der Waals surface area contributed by atoms with Crippen LogP contribution in [0.25, 0.3) is 0 Å². The van der Waals surface area contributed by atoms with Gasteiger partial charge in [-0.25, -0.2) is 0 Å². The monoisotopic (exact) mass is 238 g/mol. The SMILES string of the molecule is CCC(C(=O)O)C(O)c1cc(C)c(O)c(C)c1. The molecule has 17 heavy (non-hydrogen) atoms. The fourth-order valence-corrected chi connectivity index (χ4v) is 1.93. The molecule has 0 saturated heterocycles. The van der Waals surface area contributed by atoms with Crippen LogP contribution in [0.2, 0.25) is 0 Å². The van der Waals surface area contributed by atoms with Gasteiger partial charge in [0.1, 0.15) is 5.75 Å². The standard InChI is InChI=1S/C13H18O4/c1-4-10(13(16)17)12(15)9-5-7(2)11(14)8(3)6-9/h5-6,10,12,14-15H,4H2,1-3H3,(H,16,17). The lowest BCUT2D eigenvalue weighted by Crippen LogP contribution is -2.21. The number of aliphatic hydroxyl groups is 1. The first-order valence-electron chi connectivity index (χ1n) is 5.59. The number of hydrogen-bond donors (Lipinski definition) is 3. The largest absolute Gasteiger partial charge is 0.507 e. The number of aliphatic carboxylic acids is 1. The molecule has 2 atom stereocenters. The van der Waals surface area contributed by atoms with Crippen molar-refractivity contribution in [2.45, 2.75) is 33.3 Å². The van der Waals surface area contributed by atoms with Crippen LogP contribution in [0.1, 0.15) is 36.1 Å². The Kier molecular flexibility index (Phi) is 4.12. The molecular formula is C13H18O4. The van der Waals surface area contributed by atoms with Crippen LogP contribution in [-0.4, -0.2) is 21.3 Å². The van der Waals surface area contributed by atoms with Crippen LogP contribution in [0.3, 0.4) is 0 Å². The van der Waals surface area contributed by atoms with Crippen molar-refractivity contribution in [2.24, 2.45) is 5.92 Å². The van der Waals surface area contributed by atoms with E-state index in [1.54, 1.807) is 32.9 Å². The second kappa shape index (κ2) is 5.19. The molecule has 1 rings (SSSR count). The third kappa shape index (κ3) is 2.77.